The maximum absolute atomic E-state index is 12.7. The molecule has 8 heteroatoms. The summed E-state index contributed by atoms with van der Waals surface area (Å²) < 4.78 is 27.4. The minimum atomic E-state index is -3.78. The summed E-state index contributed by atoms with van der Waals surface area (Å²) in [6.45, 7) is 1.25. The van der Waals surface area contributed by atoms with Crippen LogP contribution in [0.4, 0.5) is 0 Å². The average molecular weight is 402 g/mol. The van der Waals surface area contributed by atoms with Gasteiger partial charge in [0.25, 0.3) is 5.91 Å². The van der Waals surface area contributed by atoms with Crippen LogP contribution in [0.25, 0.3) is 0 Å². The molecule has 2 aromatic rings. The van der Waals surface area contributed by atoms with Gasteiger partial charge in [-0.1, -0.05) is 12.1 Å². The van der Waals surface area contributed by atoms with Gasteiger partial charge < -0.3 is 9.64 Å². The number of carbonyl (C=O) groups is 2. The minimum absolute atomic E-state index is 0.0196. The maximum Gasteiger partial charge on any atom is 0.337 e. The standard InChI is InChI=1S/C20H22N2O5S/c1-27-20(24)17-4-2-3-14(12-17)11-15-9-10-22(13-15)19(23)16-5-7-18(8-6-16)28(21,25)26/h2-8,12,15H,9-11,13H2,1H3,(H2,21,25,26). The molecule has 2 aromatic carbocycles. The van der Waals surface area contributed by atoms with Crippen LogP contribution in [0.15, 0.2) is 53.4 Å². The van der Waals surface area contributed by atoms with Gasteiger partial charge in [-0.3, -0.25) is 4.79 Å². The number of rotatable bonds is 5. The molecule has 2 N–H and O–H groups in total. The fourth-order valence-corrected chi connectivity index (χ4v) is 3.95. The first-order chi connectivity index (χ1) is 13.3. The van der Waals surface area contributed by atoms with E-state index in [9.17, 15) is 18.0 Å². The van der Waals surface area contributed by atoms with Crippen LogP contribution < -0.4 is 5.14 Å². The van der Waals surface area contributed by atoms with Crippen LogP contribution in [0.1, 0.15) is 32.7 Å². The predicted octanol–water partition coefficient (Wildman–Crippen LogP) is 1.83. The van der Waals surface area contributed by atoms with Gasteiger partial charge in [-0.2, -0.15) is 0 Å². The molecular weight excluding hydrogens is 380 g/mol. The first kappa shape index (κ1) is 20.0. The summed E-state index contributed by atoms with van der Waals surface area (Å²) >= 11 is 0. The van der Waals surface area contributed by atoms with Gasteiger partial charge >= 0.3 is 5.97 Å². The Kier molecular flexibility index (Phi) is 5.81. The molecule has 0 radical (unpaired) electrons. The summed E-state index contributed by atoms with van der Waals surface area (Å²) in [6, 6.07) is 13.0. The third-order valence-electron chi connectivity index (χ3n) is 4.88. The molecule has 0 aromatic heterocycles. The number of esters is 1. The van der Waals surface area contributed by atoms with E-state index < -0.39 is 10.0 Å². The number of hydrogen-bond acceptors (Lipinski definition) is 5. The average Bonchev–Trinajstić information content (AvgIpc) is 3.15. The van der Waals surface area contributed by atoms with Crippen LogP contribution in [-0.4, -0.2) is 45.4 Å². The van der Waals surface area contributed by atoms with E-state index in [1.54, 1.807) is 11.0 Å². The molecule has 0 spiro atoms. The van der Waals surface area contributed by atoms with Crippen molar-refractivity contribution in [3.05, 3.63) is 65.2 Å². The number of hydrogen-bond donors (Lipinski definition) is 1. The SMILES string of the molecule is COC(=O)c1cccc(CC2CCN(C(=O)c3ccc(S(N)(=O)=O)cc3)C2)c1. The smallest absolute Gasteiger partial charge is 0.337 e. The summed E-state index contributed by atoms with van der Waals surface area (Å²) in [5, 5.41) is 5.08. The topological polar surface area (TPSA) is 107 Å². The molecule has 1 saturated heterocycles. The van der Waals surface area contributed by atoms with Crippen LogP contribution in [0.2, 0.25) is 0 Å². The van der Waals surface area contributed by atoms with E-state index in [2.05, 4.69) is 0 Å². The lowest BCUT2D eigenvalue weighted by Crippen LogP contribution is -2.29. The second kappa shape index (κ2) is 8.12. The fourth-order valence-electron chi connectivity index (χ4n) is 3.43. The first-order valence-electron chi connectivity index (χ1n) is 8.87. The molecule has 0 aliphatic carbocycles. The van der Waals surface area contributed by atoms with Gasteiger partial charge in [0.2, 0.25) is 10.0 Å². The summed E-state index contributed by atoms with van der Waals surface area (Å²) in [7, 11) is -2.43. The molecular formula is C20H22N2O5S. The summed E-state index contributed by atoms with van der Waals surface area (Å²) in [6.07, 6.45) is 1.63. The Morgan fingerprint density at radius 2 is 1.86 bits per heavy atom. The van der Waals surface area contributed by atoms with Crippen LogP contribution in [0.3, 0.4) is 0 Å². The van der Waals surface area contributed by atoms with Gasteiger partial charge in [0.15, 0.2) is 0 Å². The van der Waals surface area contributed by atoms with Crippen molar-refractivity contribution in [1.82, 2.24) is 4.90 Å². The minimum Gasteiger partial charge on any atom is -0.465 e. The number of methoxy groups -OCH3 is 1. The highest BCUT2D eigenvalue weighted by Gasteiger charge is 2.27. The molecule has 1 heterocycles. The van der Waals surface area contributed by atoms with Crippen molar-refractivity contribution in [3.8, 4) is 0 Å². The van der Waals surface area contributed by atoms with Crippen molar-refractivity contribution in [2.75, 3.05) is 20.2 Å². The Hall–Kier alpha value is -2.71. The van der Waals surface area contributed by atoms with Gasteiger partial charge in [-0.25, -0.2) is 18.4 Å². The first-order valence-corrected chi connectivity index (χ1v) is 10.4. The van der Waals surface area contributed by atoms with Crippen molar-refractivity contribution >= 4 is 21.9 Å². The molecule has 1 aliphatic heterocycles. The second-order valence-corrected chi connectivity index (χ2v) is 8.43. The Morgan fingerprint density at radius 1 is 1.14 bits per heavy atom. The number of amides is 1. The van der Waals surface area contributed by atoms with Gasteiger partial charge in [0.1, 0.15) is 0 Å². The van der Waals surface area contributed by atoms with Crippen LogP contribution in [0.5, 0.6) is 0 Å². The number of ether oxygens (including phenoxy) is 1. The predicted molar refractivity (Wildman–Crippen MR) is 103 cm³/mol. The molecule has 28 heavy (non-hydrogen) atoms. The van der Waals surface area contributed by atoms with Crippen LogP contribution in [-0.2, 0) is 21.2 Å². The van der Waals surface area contributed by atoms with E-state index in [0.29, 0.717) is 30.1 Å². The lowest BCUT2D eigenvalue weighted by Gasteiger charge is -2.17. The van der Waals surface area contributed by atoms with Gasteiger partial charge in [0.05, 0.1) is 17.6 Å². The normalized spacial score (nSPS) is 16.8. The largest absolute Gasteiger partial charge is 0.465 e. The zero-order valence-electron chi connectivity index (χ0n) is 15.5. The van der Waals surface area contributed by atoms with Gasteiger partial charge in [-0.15, -0.1) is 0 Å². The zero-order chi connectivity index (χ0) is 20.3. The molecule has 1 unspecified atom stereocenters. The molecule has 1 atom stereocenters. The monoisotopic (exact) mass is 402 g/mol. The lowest BCUT2D eigenvalue weighted by molar-refractivity contribution is 0.0600. The zero-order valence-corrected chi connectivity index (χ0v) is 16.3. The van der Waals surface area contributed by atoms with Crippen molar-refractivity contribution in [2.45, 2.75) is 17.7 Å². The Balaban J connectivity index is 1.63. The maximum atomic E-state index is 12.7. The molecule has 0 bridgehead atoms. The third kappa shape index (κ3) is 4.58. The number of nitrogens with zero attached hydrogens (tertiary/aromatic N) is 1. The van der Waals surface area contributed by atoms with Crippen molar-refractivity contribution < 1.29 is 22.7 Å². The molecule has 1 amide bonds. The molecule has 3 rings (SSSR count). The highest BCUT2D eigenvalue weighted by molar-refractivity contribution is 7.89. The molecule has 0 saturated carbocycles. The molecule has 7 nitrogen and oxygen atoms in total. The number of likely N-dealkylation sites (tertiary alicyclic amines) is 1. The van der Waals surface area contributed by atoms with E-state index in [4.69, 9.17) is 9.88 Å². The number of carbonyl (C=O) groups excluding carboxylic acids is 2. The highest BCUT2D eigenvalue weighted by atomic mass is 32.2. The van der Waals surface area contributed by atoms with E-state index in [1.165, 1.54) is 31.4 Å². The van der Waals surface area contributed by atoms with E-state index >= 15 is 0 Å². The summed E-state index contributed by atoms with van der Waals surface area (Å²) in [5.74, 6) is -0.208. The summed E-state index contributed by atoms with van der Waals surface area (Å²) in [5.41, 5.74) is 1.97. The molecule has 1 fully saturated rings. The Morgan fingerprint density at radius 3 is 2.50 bits per heavy atom. The van der Waals surface area contributed by atoms with Crippen LogP contribution >= 0.6 is 0 Å². The quantitative estimate of drug-likeness (QED) is 0.768. The van der Waals surface area contributed by atoms with Crippen molar-refractivity contribution in [3.63, 3.8) is 0 Å². The molecule has 1 aliphatic rings. The van der Waals surface area contributed by atoms with Gasteiger partial charge in [0, 0.05) is 18.7 Å². The highest BCUT2D eigenvalue weighted by Crippen LogP contribution is 2.23. The van der Waals surface area contributed by atoms with Crippen molar-refractivity contribution in [1.29, 1.82) is 0 Å². The number of primary sulfonamides is 1. The Labute approximate surface area is 164 Å². The van der Waals surface area contributed by atoms with E-state index in [-0.39, 0.29) is 16.8 Å². The number of sulfonamides is 1. The number of benzene rings is 2. The van der Waals surface area contributed by atoms with Crippen molar-refractivity contribution in [2.24, 2.45) is 11.1 Å². The fraction of sp³-hybridized carbons (Fsp3) is 0.300. The second-order valence-electron chi connectivity index (χ2n) is 6.87. The van der Waals surface area contributed by atoms with E-state index in [1.807, 2.05) is 18.2 Å². The Bertz CT molecular complexity index is 986. The van der Waals surface area contributed by atoms with E-state index in [0.717, 1.165) is 18.4 Å². The van der Waals surface area contributed by atoms with Crippen LogP contribution in [0, 0.1) is 5.92 Å². The van der Waals surface area contributed by atoms with Gasteiger partial charge in [-0.05, 0) is 60.7 Å². The number of nitrogens with two attached hydrogens (primary N) is 1. The summed E-state index contributed by atoms with van der Waals surface area (Å²) in [4.78, 5) is 26.1. The molecule has 148 valence electrons. The third-order valence-corrected chi connectivity index (χ3v) is 5.80. The lowest BCUT2D eigenvalue weighted by atomic mass is 9.97.